The van der Waals surface area contributed by atoms with E-state index in [9.17, 15) is 4.79 Å². The summed E-state index contributed by atoms with van der Waals surface area (Å²) in [6, 6.07) is 19.4. The summed E-state index contributed by atoms with van der Waals surface area (Å²) in [7, 11) is 0. The first-order chi connectivity index (χ1) is 18.1. The van der Waals surface area contributed by atoms with E-state index in [4.69, 9.17) is 0 Å². The third kappa shape index (κ3) is 7.15. The minimum atomic E-state index is 0.316. The maximum absolute atomic E-state index is 13.0. The van der Waals surface area contributed by atoms with Gasteiger partial charge in [0.2, 0.25) is 0 Å². The molecule has 0 N–H and O–H groups in total. The fourth-order valence-electron chi connectivity index (χ4n) is 6.01. The maximum Gasteiger partial charge on any atom is 0.162 e. The number of ketones is 1. The minimum Gasteiger partial charge on any atom is -0.299 e. The van der Waals surface area contributed by atoms with Gasteiger partial charge in [0.05, 0.1) is 0 Å². The molecule has 0 amide bonds. The van der Waals surface area contributed by atoms with E-state index in [1.165, 1.54) is 60.2 Å². The van der Waals surface area contributed by atoms with Crippen LogP contribution in [0.2, 0.25) is 0 Å². The molecule has 2 aromatic carbocycles. The molecule has 0 aliphatic carbocycles. The highest BCUT2D eigenvalue weighted by molar-refractivity contribution is 5.96. The van der Waals surface area contributed by atoms with Crippen LogP contribution in [0.1, 0.15) is 70.3 Å². The summed E-state index contributed by atoms with van der Waals surface area (Å²) in [5, 5.41) is 0. The van der Waals surface area contributed by atoms with Gasteiger partial charge in [-0.1, -0.05) is 42.5 Å². The molecule has 194 valence electrons. The molecule has 1 saturated heterocycles. The lowest BCUT2D eigenvalue weighted by molar-refractivity contribution is 0.0974. The van der Waals surface area contributed by atoms with E-state index < -0.39 is 0 Å². The van der Waals surface area contributed by atoms with E-state index >= 15 is 0 Å². The van der Waals surface area contributed by atoms with Crippen LogP contribution in [0.4, 0.5) is 0 Å². The number of likely N-dealkylation sites (tertiary alicyclic amines) is 1. The first-order valence-electron chi connectivity index (χ1n) is 14.2. The topological polar surface area (TPSA) is 36.4 Å². The number of rotatable bonds is 9. The van der Waals surface area contributed by atoms with Gasteiger partial charge in [-0.05, 0) is 104 Å². The zero-order valence-electron chi connectivity index (χ0n) is 22.4. The van der Waals surface area contributed by atoms with Gasteiger partial charge in [-0.2, -0.15) is 0 Å². The molecule has 0 atom stereocenters. The number of carbonyl (C=O) groups excluding carboxylic acids is 1. The van der Waals surface area contributed by atoms with Crippen LogP contribution < -0.4 is 0 Å². The third-order valence-corrected chi connectivity index (χ3v) is 8.43. The maximum atomic E-state index is 13.0. The number of carbonyl (C=O) groups is 1. The average Bonchev–Trinajstić information content (AvgIpc) is 3.13. The Morgan fingerprint density at radius 1 is 0.892 bits per heavy atom. The Balaban J connectivity index is 1.05. The summed E-state index contributed by atoms with van der Waals surface area (Å²) in [6.07, 6.45) is 11.2. The quantitative estimate of drug-likeness (QED) is 0.329. The molecule has 3 heterocycles. The molecule has 0 spiro atoms. The second kappa shape index (κ2) is 12.6. The van der Waals surface area contributed by atoms with Crippen molar-refractivity contribution < 1.29 is 4.79 Å². The molecule has 4 nitrogen and oxygen atoms in total. The van der Waals surface area contributed by atoms with Gasteiger partial charge in [0, 0.05) is 50.6 Å². The van der Waals surface area contributed by atoms with Gasteiger partial charge in [0.25, 0.3) is 0 Å². The molecule has 2 aliphatic rings. The van der Waals surface area contributed by atoms with Gasteiger partial charge in [-0.3, -0.25) is 19.6 Å². The molecule has 37 heavy (non-hydrogen) atoms. The molecular formula is C33H41N3O. The van der Waals surface area contributed by atoms with E-state index in [2.05, 4.69) is 70.2 Å². The summed E-state index contributed by atoms with van der Waals surface area (Å²) in [5.41, 5.74) is 7.79. The minimum absolute atomic E-state index is 0.316. The van der Waals surface area contributed by atoms with E-state index in [1.807, 2.05) is 18.5 Å². The van der Waals surface area contributed by atoms with Crippen LogP contribution in [0.5, 0.6) is 0 Å². The molecule has 0 unspecified atom stereocenters. The van der Waals surface area contributed by atoms with E-state index in [0.29, 0.717) is 12.2 Å². The molecule has 1 fully saturated rings. The number of aryl methyl sites for hydroxylation is 1. The first kappa shape index (κ1) is 25.8. The van der Waals surface area contributed by atoms with Crippen LogP contribution in [-0.2, 0) is 25.9 Å². The van der Waals surface area contributed by atoms with Crippen LogP contribution in [-0.4, -0.2) is 46.7 Å². The number of hydrogen-bond donors (Lipinski definition) is 0. The second-order valence-corrected chi connectivity index (χ2v) is 11.1. The highest BCUT2D eigenvalue weighted by atomic mass is 16.1. The van der Waals surface area contributed by atoms with Crippen molar-refractivity contribution in [1.29, 1.82) is 0 Å². The molecule has 5 rings (SSSR count). The van der Waals surface area contributed by atoms with Gasteiger partial charge in [0.1, 0.15) is 0 Å². The third-order valence-electron chi connectivity index (χ3n) is 8.43. The molecule has 2 aliphatic heterocycles. The van der Waals surface area contributed by atoms with Crippen molar-refractivity contribution in [2.75, 3.05) is 26.2 Å². The summed E-state index contributed by atoms with van der Waals surface area (Å²) >= 11 is 0. The standard InChI is InChI=1S/C33H41N3O/c1-26-6-2-3-9-32(26)25-36-18-13-27(14-19-36)7-4-10-33(37)31-12-11-29-15-20-35(21-16-30(29)22-31)24-28-8-5-17-34-23-28/h2-3,5-6,8-9,11-12,17,22-23,27H,4,7,10,13-16,18-21,24-25H2,1H3. The molecule has 0 saturated carbocycles. The Morgan fingerprint density at radius 3 is 2.46 bits per heavy atom. The van der Waals surface area contributed by atoms with E-state index in [0.717, 1.165) is 56.9 Å². The first-order valence-corrected chi connectivity index (χ1v) is 14.2. The predicted molar refractivity (Wildman–Crippen MR) is 151 cm³/mol. The number of benzene rings is 2. The summed E-state index contributed by atoms with van der Waals surface area (Å²) < 4.78 is 0. The van der Waals surface area contributed by atoms with Crippen LogP contribution in [0, 0.1) is 12.8 Å². The zero-order valence-corrected chi connectivity index (χ0v) is 22.4. The Bertz CT molecular complexity index is 1170. The Hall–Kier alpha value is -2.82. The Morgan fingerprint density at radius 2 is 1.68 bits per heavy atom. The molecule has 3 aromatic rings. The fraction of sp³-hybridized carbons (Fsp3) is 0.455. The number of Topliss-reactive ketones (excluding diaryl/α,β-unsaturated/α-hetero) is 1. The van der Waals surface area contributed by atoms with Crippen LogP contribution in [0.25, 0.3) is 0 Å². The molecule has 1 aromatic heterocycles. The van der Waals surface area contributed by atoms with Crippen molar-refractivity contribution in [2.24, 2.45) is 5.92 Å². The number of aromatic nitrogens is 1. The zero-order chi connectivity index (χ0) is 25.5. The molecule has 0 radical (unpaired) electrons. The molecular weight excluding hydrogens is 454 g/mol. The number of hydrogen-bond acceptors (Lipinski definition) is 4. The van der Waals surface area contributed by atoms with E-state index in [-0.39, 0.29) is 0 Å². The average molecular weight is 496 g/mol. The number of fused-ring (bicyclic) bond motifs is 1. The second-order valence-electron chi connectivity index (χ2n) is 11.1. The molecule has 0 bridgehead atoms. The fourth-order valence-corrected chi connectivity index (χ4v) is 6.01. The lowest BCUT2D eigenvalue weighted by Crippen LogP contribution is -2.33. The monoisotopic (exact) mass is 495 g/mol. The van der Waals surface area contributed by atoms with Crippen molar-refractivity contribution in [1.82, 2.24) is 14.8 Å². The highest BCUT2D eigenvalue weighted by Gasteiger charge is 2.20. The van der Waals surface area contributed by atoms with Gasteiger partial charge in [-0.25, -0.2) is 0 Å². The van der Waals surface area contributed by atoms with Crippen LogP contribution >= 0.6 is 0 Å². The van der Waals surface area contributed by atoms with Crippen molar-refractivity contribution in [2.45, 2.75) is 65.0 Å². The number of piperidine rings is 1. The lowest BCUT2D eigenvalue weighted by Gasteiger charge is -2.32. The Kier molecular flexibility index (Phi) is 8.80. The van der Waals surface area contributed by atoms with Crippen molar-refractivity contribution in [3.8, 4) is 0 Å². The highest BCUT2D eigenvalue weighted by Crippen LogP contribution is 2.25. The van der Waals surface area contributed by atoms with Gasteiger partial charge in [0.15, 0.2) is 5.78 Å². The largest absolute Gasteiger partial charge is 0.299 e. The van der Waals surface area contributed by atoms with E-state index in [1.54, 1.807) is 0 Å². The van der Waals surface area contributed by atoms with Crippen molar-refractivity contribution >= 4 is 5.78 Å². The number of pyridine rings is 1. The lowest BCUT2D eigenvalue weighted by atomic mass is 9.90. The van der Waals surface area contributed by atoms with Gasteiger partial charge in [-0.15, -0.1) is 0 Å². The smallest absolute Gasteiger partial charge is 0.162 e. The van der Waals surface area contributed by atoms with Crippen LogP contribution in [0.15, 0.2) is 67.0 Å². The number of nitrogens with zero attached hydrogens (tertiary/aromatic N) is 3. The molecule has 4 heteroatoms. The van der Waals surface area contributed by atoms with Crippen molar-refractivity contribution in [3.63, 3.8) is 0 Å². The van der Waals surface area contributed by atoms with Gasteiger partial charge < -0.3 is 0 Å². The normalized spacial score (nSPS) is 17.3. The SMILES string of the molecule is Cc1ccccc1CN1CCC(CCCC(=O)c2ccc3c(c2)CCN(Cc2cccnc2)CC3)CC1. The Labute approximate surface area is 222 Å². The summed E-state index contributed by atoms with van der Waals surface area (Å²) in [4.78, 5) is 22.4. The van der Waals surface area contributed by atoms with Gasteiger partial charge >= 0.3 is 0 Å². The van der Waals surface area contributed by atoms with Crippen LogP contribution in [0.3, 0.4) is 0 Å². The summed E-state index contributed by atoms with van der Waals surface area (Å²) in [6.45, 7) is 8.66. The summed E-state index contributed by atoms with van der Waals surface area (Å²) in [5.74, 6) is 1.08. The predicted octanol–water partition coefficient (Wildman–Crippen LogP) is 6.26. The van der Waals surface area contributed by atoms with Crippen molar-refractivity contribution in [3.05, 3.63) is 100 Å².